The molecule has 2 aromatic carbocycles. The highest BCUT2D eigenvalue weighted by atomic mass is 16.2. The highest BCUT2D eigenvalue weighted by Crippen LogP contribution is 2.37. The smallest absolute Gasteiger partial charge is 0.319 e. The van der Waals surface area contributed by atoms with Gasteiger partial charge in [-0.15, -0.1) is 0 Å². The van der Waals surface area contributed by atoms with Crippen LogP contribution < -0.4 is 15.5 Å². The maximum Gasteiger partial charge on any atom is 0.319 e. The molecule has 4 rings (SSSR count). The van der Waals surface area contributed by atoms with Gasteiger partial charge < -0.3 is 15.5 Å². The third-order valence-electron chi connectivity index (χ3n) is 4.72. The van der Waals surface area contributed by atoms with E-state index < -0.39 is 0 Å². The number of hydrogen-bond acceptors (Lipinski definition) is 2. The van der Waals surface area contributed by atoms with Crippen LogP contribution in [-0.4, -0.2) is 18.5 Å². The van der Waals surface area contributed by atoms with Gasteiger partial charge in [-0.3, -0.25) is 4.79 Å². The molecule has 0 atom stereocenters. The average Bonchev–Trinajstić information content (AvgIpc) is 3.40. The molecule has 1 aliphatic carbocycles. The molecule has 2 aromatic rings. The lowest BCUT2D eigenvalue weighted by molar-refractivity contribution is -0.119. The monoisotopic (exact) mass is 335 g/mol. The number of hydrogen-bond donors (Lipinski definition) is 2. The Labute approximate surface area is 147 Å². The predicted molar refractivity (Wildman–Crippen MR) is 97.5 cm³/mol. The Morgan fingerprint density at radius 1 is 1.08 bits per heavy atom. The van der Waals surface area contributed by atoms with Crippen molar-refractivity contribution in [2.24, 2.45) is 5.92 Å². The summed E-state index contributed by atoms with van der Waals surface area (Å²) >= 11 is 0. The van der Waals surface area contributed by atoms with Crippen molar-refractivity contribution in [2.75, 3.05) is 16.8 Å². The second-order valence-electron chi connectivity index (χ2n) is 6.65. The maximum absolute atomic E-state index is 12.3. The van der Waals surface area contributed by atoms with Gasteiger partial charge in [-0.05, 0) is 48.6 Å². The van der Waals surface area contributed by atoms with Gasteiger partial charge in [0.2, 0.25) is 5.91 Å². The van der Waals surface area contributed by atoms with E-state index in [4.69, 9.17) is 0 Å². The first-order valence-corrected chi connectivity index (χ1v) is 8.74. The number of carbonyl (C=O) groups excluding carboxylic acids is 2. The van der Waals surface area contributed by atoms with Crippen LogP contribution in [0.2, 0.25) is 0 Å². The first kappa shape index (κ1) is 15.7. The minimum atomic E-state index is -0.229. The lowest BCUT2D eigenvalue weighted by Gasteiger charge is -2.17. The van der Waals surface area contributed by atoms with Crippen molar-refractivity contribution in [1.82, 2.24) is 5.32 Å². The zero-order valence-corrected chi connectivity index (χ0v) is 14.0. The normalized spacial score (nSPS) is 15.6. The summed E-state index contributed by atoms with van der Waals surface area (Å²) in [5.74, 6) is 0.479. The fourth-order valence-electron chi connectivity index (χ4n) is 3.21. The fraction of sp³-hybridized carbons (Fsp3) is 0.300. The molecule has 0 aromatic heterocycles. The molecule has 0 saturated heterocycles. The number of anilines is 2. The van der Waals surface area contributed by atoms with Gasteiger partial charge in [0, 0.05) is 30.4 Å². The van der Waals surface area contributed by atoms with Crippen molar-refractivity contribution in [2.45, 2.75) is 25.8 Å². The zero-order valence-electron chi connectivity index (χ0n) is 14.0. The van der Waals surface area contributed by atoms with Crippen LogP contribution in [0.5, 0.6) is 0 Å². The van der Waals surface area contributed by atoms with Gasteiger partial charge >= 0.3 is 6.03 Å². The van der Waals surface area contributed by atoms with Crippen molar-refractivity contribution in [3.63, 3.8) is 0 Å². The molecule has 0 spiro atoms. The molecular formula is C20H21N3O2. The molecule has 2 N–H and O–H groups in total. The molecule has 3 amide bonds. The molecule has 1 aliphatic heterocycles. The van der Waals surface area contributed by atoms with Crippen LogP contribution in [0.1, 0.15) is 24.0 Å². The summed E-state index contributed by atoms with van der Waals surface area (Å²) in [5, 5.41) is 5.72. The van der Waals surface area contributed by atoms with E-state index in [1.165, 1.54) is 0 Å². The molecule has 1 heterocycles. The van der Waals surface area contributed by atoms with E-state index in [0.717, 1.165) is 48.3 Å². The zero-order chi connectivity index (χ0) is 17.2. The van der Waals surface area contributed by atoms with E-state index in [1.54, 1.807) is 0 Å². The van der Waals surface area contributed by atoms with Crippen LogP contribution >= 0.6 is 0 Å². The number of nitrogens with zero attached hydrogens (tertiary/aromatic N) is 1. The Hall–Kier alpha value is -2.82. The number of urea groups is 1. The lowest BCUT2D eigenvalue weighted by atomic mass is 10.1. The molecule has 25 heavy (non-hydrogen) atoms. The fourth-order valence-corrected chi connectivity index (χ4v) is 3.21. The van der Waals surface area contributed by atoms with Gasteiger partial charge in [0.25, 0.3) is 0 Å². The summed E-state index contributed by atoms with van der Waals surface area (Å²) in [5.41, 5.74) is 3.92. The number of rotatable bonds is 4. The van der Waals surface area contributed by atoms with Gasteiger partial charge in [-0.1, -0.05) is 30.3 Å². The van der Waals surface area contributed by atoms with Crippen LogP contribution in [0.4, 0.5) is 16.2 Å². The predicted octanol–water partition coefficient (Wildman–Crippen LogP) is 3.31. The lowest BCUT2D eigenvalue weighted by Crippen LogP contribution is -2.30. The first-order chi connectivity index (χ1) is 12.2. The standard InChI is InChI=1S/C20H21N3O2/c24-19(15-6-7-15)23-11-10-16-12-17(8-9-18(16)23)22-20(25)21-13-14-4-2-1-3-5-14/h1-5,8-9,12,15H,6-7,10-11,13H2,(H2,21,22,25). The van der Waals surface area contributed by atoms with E-state index >= 15 is 0 Å². The van der Waals surface area contributed by atoms with Gasteiger partial charge in [-0.25, -0.2) is 4.79 Å². The Balaban J connectivity index is 1.37. The van der Waals surface area contributed by atoms with E-state index in [0.29, 0.717) is 6.54 Å². The molecular weight excluding hydrogens is 314 g/mol. The quantitative estimate of drug-likeness (QED) is 0.900. The molecule has 0 bridgehead atoms. The highest BCUT2D eigenvalue weighted by Gasteiger charge is 2.36. The van der Waals surface area contributed by atoms with Crippen molar-refractivity contribution >= 4 is 23.3 Å². The minimum absolute atomic E-state index is 0.229. The van der Waals surface area contributed by atoms with Crippen LogP contribution in [0.25, 0.3) is 0 Å². The number of carbonyl (C=O) groups is 2. The number of fused-ring (bicyclic) bond motifs is 1. The Bertz CT molecular complexity index is 800. The molecule has 0 radical (unpaired) electrons. The number of nitrogens with one attached hydrogen (secondary N) is 2. The van der Waals surface area contributed by atoms with E-state index in [9.17, 15) is 9.59 Å². The summed E-state index contributed by atoms with van der Waals surface area (Å²) in [7, 11) is 0. The highest BCUT2D eigenvalue weighted by molar-refractivity contribution is 5.99. The summed E-state index contributed by atoms with van der Waals surface area (Å²) < 4.78 is 0. The molecule has 5 nitrogen and oxygen atoms in total. The second kappa shape index (κ2) is 6.59. The Morgan fingerprint density at radius 2 is 1.88 bits per heavy atom. The van der Waals surface area contributed by atoms with Crippen LogP contribution in [0, 0.1) is 5.92 Å². The van der Waals surface area contributed by atoms with Gasteiger partial charge in [0.1, 0.15) is 0 Å². The Kier molecular flexibility index (Phi) is 4.14. The van der Waals surface area contributed by atoms with Crippen LogP contribution in [0.3, 0.4) is 0 Å². The van der Waals surface area contributed by atoms with Crippen LogP contribution in [0.15, 0.2) is 48.5 Å². The number of benzene rings is 2. The summed E-state index contributed by atoms with van der Waals surface area (Å²) in [6, 6.07) is 15.3. The topological polar surface area (TPSA) is 61.4 Å². The van der Waals surface area contributed by atoms with Gasteiger partial charge in [0.15, 0.2) is 0 Å². The SMILES string of the molecule is O=C(NCc1ccccc1)Nc1ccc2c(c1)CCN2C(=O)C1CC1. The first-order valence-electron chi connectivity index (χ1n) is 8.74. The molecule has 1 saturated carbocycles. The summed E-state index contributed by atoms with van der Waals surface area (Å²) in [4.78, 5) is 26.3. The third kappa shape index (κ3) is 3.50. The minimum Gasteiger partial charge on any atom is -0.334 e. The molecule has 1 fully saturated rings. The van der Waals surface area contributed by atoms with Gasteiger partial charge in [0.05, 0.1) is 0 Å². The molecule has 2 aliphatic rings. The van der Waals surface area contributed by atoms with E-state index in [-0.39, 0.29) is 17.9 Å². The van der Waals surface area contributed by atoms with Crippen molar-refractivity contribution in [3.8, 4) is 0 Å². The van der Waals surface area contributed by atoms with Crippen molar-refractivity contribution in [3.05, 3.63) is 59.7 Å². The molecule has 0 unspecified atom stereocenters. The van der Waals surface area contributed by atoms with Crippen molar-refractivity contribution in [1.29, 1.82) is 0 Å². The second-order valence-corrected chi connectivity index (χ2v) is 6.65. The van der Waals surface area contributed by atoms with E-state index in [2.05, 4.69) is 10.6 Å². The summed E-state index contributed by atoms with van der Waals surface area (Å²) in [6.07, 6.45) is 2.88. The largest absolute Gasteiger partial charge is 0.334 e. The molecule has 128 valence electrons. The maximum atomic E-state index is 12.3. The van der Waals surface area contributed by atoms with E-state index in [1.807, 2.05) is 53.4 Å². The molecule has 5 heteroatoms. The van der Waals surface area contributed by atoms with Crippen molar-refractivity contribution < 1.29 is 9.59 Å². The Morgan fingerprint density at radius 3 is 2.64 bits per heavy atom. The third-order valence-corrected chi connectivity index (χ3v) is 4.72. The van der Waals surface area contributed by atoms with Gasteiger partial charge in [-0.2, -0.15) is 0 Å². The average molecular weight is 335 g/mol. The van der Waals surface area contributed by atoms with Crippen LogP contribution in [-0.2, 0) is 17.8 Å². The summed E-state index contributed by atoms with van der Waals surface area (Å²) in [6.45, 7) is 1.23. The number of amides is 3.